The minimum Gasteiger partial charge on any atom is -0.334 e. The fraction of sp³-hybridized carbons (Fsp3) is 0.226. The highest BCUT2D eigenvalue weighted by atomic mass is 32.1. The molecule has 3 aromatic carbocycles. The van der Waals surface area contributed by atoms with Gasteiger partial charge in [-0.15, -0.1) is 11.3 Å². The minimum absolute atomic E-state index is 0.121. The van der Waals surface area contributed by atoms with Crippen LogP contribution in [0.5, 0.6) is 0 Å². The lowest BCUT2D eigenvalue weighted by Gasteiger charge is -2.18. The predicted molar refractivity (Wildman–Crippen MR) is 148 cm³/mol. The second-order valence-electron chi connectivity index (χ2n) is 9.52. The van der Waals surface area contributed by atoms with Crippen LogP contribution in [-0.2, 0) is 12.6 Å². The van der Waals surface area contributed by atoms with Gasteiger partial charge in [-0.2, -0.15) is 23.4 Å². The summed E-state index contributed by atoms with van der Waals surface area (Å²) in [5, 5.41) is 13.8. The number of nitrogens with zero attached hydrogens (tertiary/aromatic N) is 4. The summed E-state index contributed by atoms with van der Waals surface area (Å²) >= 11 is 1.61. The van der Waals surface area contributed by atoms with Crippen molar-refractivity contribution in [2.75, 3.05) is 0 Å². The summed E-state index contributed by atoms with van der Waals surface area (Å²) in [5.41, 5.74) is 6.41. The summed E-state index contributed by atoms with van der Waals surface area (Å²) < 4.78 is 43.8. The second-order valence-corrected chi connectivity index (χ2v) is 10.4. The van der Waals surface area contributed by atoms with E-state index in [1.807, 2.05) is 55.0 Å². The van der Waals surface area contributed by atoms with Gasteiger partial charge in [0.05, 0.1) is 22.7 Å². The van der Waals surface area contributed by atoms with Crippen LogP contribution in [0, 0.1) is 18.3 Å². The average molecular weight is 559 g/mol. The normalized spacial score (nSPS) is 12.3. The van der Waals surface area contributed by atoms with E-state index in [9.17, 15) is 18.4 Å². The largest absolute Gasteiger partial charge is 0.416 e. The monoisotopic (exact) mass is 558 g/mol. The predicted octanol–water partition coefficient (Wildman–Crippen LogP) is 8.60. The Morgan fingerprint density at radius 1 is 1.00 bits per heavy atom. The molecule has 0 fully saturated rings. The molecule has 2 heterocycles. The number of benzene rings is 3. The maximum atomic E-state index is 12.8. The summed E-state index contributed by atoms with van der Waals surface area (Å²) in [7, 11) is 0. The van der Waals surface area contributed by atoms with Crippen molar-refractivity contribution in [3.05, 3.63) is 111 Å². The number of aryl methyl sites for hydroxylation is 2. The maximum absolute atomic E-state index is 12.8. The zero-order chi connectivity index (χ0) is 28.1. The Kier molecular flexibility index (Phi) is 8.08. The number of hydrogen-bond acceptors (Lipinski definition) is 6. The van der Waals surface area contributed by atoms with E-state index in [0.29, 0.717) is 23.4 Å². The van der Waals surface area contributed by atoms with Crippen LogP contribution in [0.15, 0.2) is 83.0 Å². The van der Waals surface area contributed by atoms with E-state index in [0.717, 1.165) is 58.5 Å². The summed E-state index contributed by atoms with van der Waals surface area (Å²) in [5.74, 6) is 0.841. The van der Waals surface area contributed by atoms with Crippen LogP contribution in [0.4, 0.5) is 13.2 Å². The smallest absolute Gasteiger partial charge is 0.334 e. The zero-order valence-electron chi connectivity index (χ0n) is 21.7. The topological polar surface area (TPSA) is 75.6 Å². The van der Waals surface area contributed by atoms with Crippen LogP contribution >= 0.6 is 11.3 Å². The molecule has 0 radical (unpaired) electrons. The first-order valence-corrected chi connectivity index (χ1v) is 13.7. The zero-order valence-corrected chi connectivity index (χ0v) is 22.5. The van der Waals surface area contributed by atoms with E-state index in [2.05, 4.69) is 27.3 Å². The highest BCUT2D eigenvalue weighted by Crippen LogP contribution is 2.36. The molecule has 0 aliphatic carbocycles. The van der Waals surface area contributed by atoms with E-state index in [4.69, 9.17) is 4.52 Å². The lowest BCUT2D eigenvalue weighted by atomic mass is 9.87. The molecular weight excluding hydrogens is 533 g/mol. The van der Waals surface area contributed by atoms with Crippen LogP contribution in [0.2, 0.25) is 0 Å². The Hall–Kier alpha value is -4.29. The van der Waals surface area contributed by atoms with Crippen molar-refractivity contribution in [3.63, 3.8) is 0 Å². The van der Waals surface area contributed by atoms with Crippen molar-refractivity contribution in [1.82, 2.24) is 15.1 Å². The van der Waals surface area contributed by atoms with E-state index >= 15 is 0 Å². The first kappa shape index (κ1) is 27.3. The van der Waals surface area contributed by atoms with Crippen LogP contribution in [-0.4, -0.2) is 15.1 Å². The van der Waals surface area contributed by atoms with Gasteiger partial charge in [0.25, 0.3) is 5.89 Å². The van der Waals surface area contributed by atoms with Gasteiger partial charge in [0.15, 0.2) is 5.82 Å². The molecule has 0 spiro atoms. The summed E-state index contributed by atoms with van der Waals surface area (Å²) in [4.78, 5) is 9.82. The number of unbranched alkanes of at least 4 members (excludes halogenated alkanes) is 1. The van der Waals surface area contributed by atoms with Crippen molar-refractivity contribution in [3.8, 4) is 28.7 Å². The Bertz CT molecular complexity index is 1620. The van der Waals surface area contributed by atoms with Crippen molar-refractivity contribution in [2.45, 2.75) is 44.7 Å². The van der Waals surface area contributed by atoms with Gasteiger partial charge in [0.1, 0.15) is 0 Å². The van der Waals surface area contributed by atoms with Crippen LogP contribution < -0.4 is 0 Å². The molecule has 5 rings (SSSR count). The number of aromatic nitrogens is 3. The Morgan fingerprint density at radius 2 is 1.80 bits per heavy atom. The van der Waals surface area contributed by atoms with Crippen LogP contribution in [0.1, 0.15) is 58.1 Å². The van der Waals surface area contributed by atoms with E-state index in [-0.39, 0.29) is 11.8 Å². The number of thiazole rings is 1. The molecule has 0 aliphatic heterocycles. The Morgan fingerprint density at radius 3 is 2.50 bits per heavy atom. The molecule has 1 unspecified atom stereocenters. The molecule has 9 heteroatoms. The molecule has 0 saturated carbocycles. The highest BCUT2D eigenvalue weighted by Gasteiger charge is 2.30. The number of hydrogen-bond donors (Lipinski definition) is 0. The van der Waals surface area contributed by atoms with Gasteiger partial charge in [-0.1, -0.05) is 41.9 Å². The Balaban J connectivity index is 1.28. The third-order valence-electron chi connectivity index (χ3n) is 6.87. The second kappa shape index (κ2) is 11.8. The SMILES string of the molecule is Cc1ccccc1-c1cc(C(CCCCc2noc(-c3ccc(C(F)(F)F)cc3)n2)c2cncs2)ccc1C#N. The lowest BCUT2D eigenvalue weighted by molar-refractivity contribution is -0.137. The molecular formula is C31H25F3N4OS. The molecule has 2 aromatic heterocycles. The minimum atomic E-state index is -4.39. The van der Waals surface area contributed by atoms with E-state index < -0.39 is 11.7 Å². The van der Waals surface area contributed by atoms with Crippen LogP contribution in [0.3, 0.4) is 0 Å². The van der Waals surface area contributed by atoms with E-state index in [1.54, 1.807) is 11.3 Å². The van der Waals surface area contributed by atoms with Crippen molar-refractivity contribution in [1.29, 1.82) is 5.26 Å². The molecule has 1 atom stereocenters. The Labute approximate surface area is 234 Å². The van der Waals surface area contributed by atoms with Gasteiger partial charge in [-0.05, 0) is 78.4 Å². The number of rotatable bonds is 9. The molecule has 5 nitrogen and oxygen atoms in total. The molecule has 0 N–H and O–H groups in total. The third-order valence-corrected chi connectivity index (χ3v) is 7.76. The number of alkyl halides is 3. The summed E-state index contributed by atoms with van der Waals surface area (Å²) in [6.07, 6.45) is 0.646. The van der Waals surface area contributed by atoms with Gasteiger partial charge >= 0.3 is 6.18 Å². The average Bonchev–Trinajstić information content (AvgIpc) is 3.66. The van der Waals surface area contributed by atoms with E-state index in [1.165, 1.54) is 12.1 Å². The molecule has 202 valence electrons. The first-order valence-electron chi connectivity index (χ1n) is 12.8. The number of halogens is 3. The molecule has 0 amide bonds. The molecule has 5 aromatic rings. The third kappa shape index (κ3) is 6.13. The standard InChI is InChI=1S/C31H25F3N4OS/c1-20-6-2-3-7-25(20)27-16-22(10-11-23(27)17-35)26(28-18-36-19-40-28)8-4-5-9-29-37-30(39-38-29)21-12-14-24(15-13-21)31(32,33)34/h2-3,6-7,10-16,18-19,26H,4-5,8-9H2,1H3. The van der Waals surface area contributed by atoms with Gasteiger partial charge in [0.2, 0.25) is 0 Å². The summed E-state index contributed by atoms with van der Waals surface area (Å²) in [6, 6.07) is 21.1. The molecule has 0 bridgehead atoms. The fourth-order valence-corrected chi connectivity index (χ4v) is 5.53. The van der Waals surface area contributed by atoms with Gasteiger partial charge in [-0.25, -0.2) is 0 Å². The molecule has 0 aliphatic rings. The van der Waals surface area contributed by atoms with Crippen LogP contribution in [0.25, 0.3) is 22.6 Å². The van der Waals surface area contributed by atoms with Crippen molar-refractivity contribution < 1.29 is 17.7 Å². The quantitative estimate of drug-likeness (QED) is 0.169. The lowest BCUT2D eigenvalue weighted by Crippen LogP contribution is -2.04. The first-order chi connectivity index (χ1) is 19.3. The maximum Gasteiger partial charge on any atom is 0.416 e. The van der Waals surface area contributed by atoms with Crippen molar-refractivity contribution >= 4 is 11.3 Å². The van der Waals surface area contributed by atoms with Crippen molar-refractivity contribution in [2.24, 2.45) is 0 Å². The highest BCUT2D eigenvalue weighted by molar-refractivity contribution is 7.09. The molecule has 40 heavy (non-hydrogen) atoms. The van der Waals surface area contributed by atoms with Gasteiger partial charge < -0.3 is 4.52 Å². The number of nitriles is 1. The summed E-state index contributed by atoms with van der Waals surface area (Å²) in [6.45, 7) is 2.05. The molecule has 0 saturated heterocycles. The van der Waals surface area contributed by atoms with Gasteiger partial charge in [0, 0.05) is 29.0 Å². The fourth-order valence-electron chi connectivity index (χ4n) is 4.75. The van der Waals surface area contributed by atoms with Gasteiger partial charge in [-0.3, -0.25) is 4.98 Å².